The molecule has 0 fully saturated rings. The lowest BCUT2D eigenvalue weighted by atomic mass is 10.1. The lowest BCUT2D eigenvalue weighted by Gasteiger charge is -2.11. The SMILES string of the molecule is ClC(Cl)(Cl)c1cccc2oc3ccccc3c12. The summed E-state index contributed by atoms with van der Waals surface area (Å²) in [6.07, 6.45) is 0. The average molecular weight is 286 g/mol. The maximum atomic E-state index is 5.98. The lowest BCUT2D eigenvalue weighted by Crippen LogP contribution is -1.99. The molecule has 4 heteroatoms. The van der Waals surface area contributed by atoms with Crippen LogP contribution < -0.4 is 0 Å². The maximum Gasteiger partial charge on any atom is 0.216 e. The molecule has 0 saturated heterocycles. The molecule has 0 aliphatic heterocycles. The van der Waals surface area contributed by atoms with E-state index < -0.39 is 3.79 Å². The van der Waals surface area contributed by atoms with Crippen LogP contribution in [0.1, 0.15) is 5.56 Å². The largest absolute Gasteiger partial charge is 0.456 e. The molecule has 3 aromatic rings. The molecule has 3 rings (SSSR count). The van der Waals surface area contributed by atoms with E-state index in [1.54, 1.807) is 6.07 Å². The first-order chi connectivity index (χ1) is 8.07. The molecule has 0 atom stereocenters. The van der Waals surface area contributed by atoms with E-state index in [-0.39, 0.29) is 0 Å². The Kier molecular flexibility index (Phi) is 2.51. The van der Waals surface area contributed by atoms with E-state index in [4.69, 9.17) is 39.2 Å². The number of fused-ring (bicyclic) bond motifs is 3. The molecule has 0 radical (unpaired) electrons. The van der Waals surface area contributed by atoms with Crippen LogP contribution in [0.2, 0.25) is 0 Å². The van der Waals surface area contributed by atoms with Crippen molar-refractivity contribution >= 4 is 56.7 Å². The first kappa shape index (κ1) is 11.2. The molecular formula is C13H7Cl3O. The first-order valence-corrected chi connectivity index (χ1v) is 6.18. The summed E-state index contributed by atoms with van der Waals surface area (Å²) in [5.74, 6) is 0. The lowest BCUT2D eigenvalue weighted by molar-refractivity contribution is 0.668. The predicted molar refractivity (Wildman–Crippen MR) is 73.0 cm³/mol. The van der Waals surface area contributed by atoms with Gasteiger partial charge in [-0.2, -0.15) is 0 Å². The number of rotatable bonds is 0. The smallest absolute Gasteiger partial charge is 0.216 e. The standard InChI is InChI=1S/C13H7Cl3O/c14-13(15,16)9-5-3-7-11-12(9)8-4-1-2-6-10(8)17-11/h1-7H. The van der Waals surface area contributed by atoms with Crippen molar-refractivity contribution in [2.75, 3.05) is 0 Å². The van der Waals surface area contributed by atoms with E-state index in [9.17, 15) is 0 Å². The normalized spacial score (nSPS) is 12.4. The van der Waals surface area contributed by atoms with Crippen LogP contribution in [0.4, 0.5) is 0 Å². The van der Waals surface area contributed by atoms with Gasteiger partial charge in [0.05, 0.1) is 0 Å². The predicted octanol–water partition coefficient (Wildman–Crippen LogP) is 5.41. The van der Waals surface area contributed by atoms with Crippen LogP contribution in [0, 0.1) is 0 Å². The number of alkyl halides is 3. The van der Waals surface area contributed by atoms with Gasteiger partial charge in [0.1, 0.15) is 11.2 Å². The van der Waals surface area contributed by atoms with Crippen molar-refractivity contribution in [3.05, 3.63) is 48.0 Å². The van der Waals surface area contributed by atoms with Crippen molar-refractivity contribution in [1.29, 1.82) is 0 Å². The summed E-state index contributed by atoms with van der Waals surface area (Å²) >= 11 is 18.0. The van der Waals surface area contributed by atoms with Crippen LogP contribution in [-0.4, -0.2) is 0 Å². The Balaban J connectivity index is 2.52. The Labute approximate surface area is 113 Å². The summed E-state index contributed by atoms with van der Waals surface area (Å²) in [6, 6.07) is 13.2. The van der Waals surface area contributed by atoms with Crippen LogP contribution in [-0.2, 0) is 3.79 Å². The van der Waals surface area contributed by atoms with Crippen LogP contribution in [0.15, 0.2) is 46.9 Å². The van der Waals surface area contributed by atoms with E-state index in [2.05, 4.69) is 0 Å². The van der Waals surface area contributed by atoms with Gasteiger partial charge in [0.15, 0.2) is 0 Å². The molecule has 0 aliphatic carbocycles. The Morgan fingerprint density at radius 3 is 2.29 bits per heavy atom. The Morgan fingerprint density at radius 1 is 0.824 bits per heavy atom. The van der Waals surface area contributed by atoms with Crippen molar-refractivity contribution < 1.29 is 4.42 Å². The van der Waals surface area contributed by atoms with Crippen LogP contribution in [0.5, 0.6) is 0 Å². The van der Waals surface area contributed by atoms with Crippen molar-refractivity contribution in [2.45, 2.75) is 3.79 Å². The fourth-order valence-electron chi connectivity index (χ4n) is 2.01. The van der Waals surface area contributed by atoms with Crippen LogP contribution >= 0.6 is 34.8 Å². The average Bonchev–Trinajstić information content (AvgIpc) is 2.65. The summed E-state index contributed by atoms with van der Waals surface area (Å²) in [5, 5.41) is 1.83. The molecule has 1 nitrogen and oxygen atoms in total. The molecule has 0 spiro atoms. The monoisotopic (exact) mass is 284 g/mol. The summed E-state index contributed by atoms with van der Waals surface area (Å²) in [7, 11) is 0. The third-order valence-electron chi connectivity index (χ3n) is 2.71. The van der Waals surface area contributed by atoms with Crippen LogP contribution in [0.3, 0.4) is 0 Å². The highest BCUT2D eigenvalue weighted by atomic mass is 35.6. The Bertz CT molecular complexity index is 695. The number of hydrogen-bond donors (Lipinski definition) is 0. The molecule has 17 heavy (non-hydrogen) atoms. The molecule has 1 aromatic heterocycles. The quantitative estimate of drug-likeness (QED) is 0.503. The molecule has 0 amide bonds. The molecule has 86 valence electrons. The van der Waals surface area contributed by atoms with Gasteiger partial charge in [-0.15, -0.1) is 0 Å². The molecule has 0 N–H and O–H groups in total. The van der Waals surface area contributed by atoms with Gasteiger partial charge in [-0.3, -0.25) is 0 Å². The van der Waals surface area contributed by atoms with Gasteiger partial charge in [-0.05, 0) is 12.1 Å². The fourth-order valence-corrected chi connectivity index (χ4v) is 2.48. The zero-order valence-electron chi connectivity index (χ0n) is 8.58. The van der Waals surface area contributed by atoms with Gasteiger partial charge in [0.2, 0.25) is 3.79 Å². The van der Waals surface area contributed by atoms with E-state index in [0.717, 1.165) is 21.9 Å². The van der Waals surface area contributed by atoms with E-state index >= 15 is 0 Å². The third kappa shape index (κ3) is 1.79. The molecule has 0 unspecified atom stereocenters. The minimum atomic E-state index is -1.45. The minimum Gasteiger partial charge on any atom is -0.456 e. The van der Waals surface area contributed by atoms with Crippen molar-refractivity contribution in [2.24, 2.45) is 0 Å². The fraction of sp³-hybridized carbons (Fsp3) is 0.0769. The van der Waals surface area contributed by atoms with E-state index in [0.29, 0.717) is 5.56 Å². The third-order valence-corrected chi connectivity index (χ3v) is 3.32. The van der Waals surface area contributed by atoms with E-state index in [1.165, 1.54) is 0 Å². The second kappa shape index (κ2) is 3.81. The zero-order chi connectivity index (χ0) is 12.0. The summed E-state index contributed by atoms with van der Waals surface area (Å²) < 4.78 is 4.26. The highest BCUT2D eigenvalue weighted by molar-refractivity contribution is 6.67. The van der Waals surface area contributed by atoms with Gasteiger partial charge >= 0.3 is 0 Å². The Morgan fingerprint density at radius 2 is 1.53 bits per heavy atom. The summed E-state index contributed by atoms with van der Waals surface area (Å²) in [4.78, 5) is 0. The number of para-hydroxylation sites is 1. The van der Waals surface area contributed by atoms with Gasteiger partial charge in [-0.25, -0.2) is 0 Å². The minimum absolute atomic E-state index is 0.643. The Hall–Kier alpha value is -0.890. The molecular weight excluding hydrogens is 279 g/mol. The molecule has 0 bridgehead atoms. The molecule has 0 saturated carbocycles. The maximum absolute atomic E-state index is 5.98. The first-order valence-electron chi connectivity index (χ1n) is 5.05. The van der Waals surface area contributed by atoms with Crippen molar-refractivity contribution in [3.8, 4) is 0 Å². The van der Waals surface area contributed by atoms with E-state index in [1.807, 2.05) is 36.4 Å². The van der Waals surface area contributed by atoms with Gasteiger partial charge < -0.3 is 4.42 Å². The number of halogens is 3. The summed E-state index contributed by atoms with van der Waals surface area (Å²) in [5.41, 5.74) is 2.17. The second-order valence-corrected chi connectivity index (χ2v) is 6.06. The number of benzene rings is 2. The number of furan rings is 1. The van der Waals surface area contributed by atoms with Crippen molar-refractivity contribution in [3.63, 3.8) is 0 Å². The van der Waals surface area contributed by atoms with Gasteiger partial charge in [0, 0.05) is 16.3 Å². The highest BCUT2D eigenvalue weighted by Crippen LogP contribution is 2.44. The molecule has 0 aliphatic rings. The van der Waals surface area contributed by atoms with Gasteiger partial charge in [0.25, 0.3) is 0 Å². The highest BCUT2D eigenvalue weighted by Gasteiger charge is 2.27. The topological polar surface area (TPSA) is 13.1 Å². The molecule has 2 aromatic carbocycles. The van der Waals surface area contributed by atoms with Crippen molar-refractivity contribution in [1.82, 2.24) is 0 Å². The van der Waals surface area contributed by atoms with Gasteiger partial charge in [-0.1, -0.05) is 65.1 Å². The molecule has 1 heterocycles. The zero-order valence-corrected chi connectivity index (χ0v) is 10.9. The second-order valence-electron chi connectivity index (χ2n) is 3.77. The van der Waals surface area contributed by atoms with Crippen LogP contribution in [0.25, 0.3) is 21.9 Å². The summed E-state index contributed by atoms with van der Waals surface area (Å²) in [6.45, 7) is 0. The number of hydrogen-bond acceptors (Lipinski definition) is 1.